The van der Waals surface area contributed by atoms with Gasteiger partial charge in [-0.15, -0.1) is 0 Å². The number of pyridine rings is 1. The van der Waals surface area contributed by atoms with Crippen molar-refractivity contribution in [3.8, 4) is 5.75 Å². The fourth-order valence-corrected chi connectivity index (χ4v) is 2.88. The van der Waals surface area contributed by atoms with Gasteiger partial charge in [0, 0.05) is 30.9 Å². The third-order valence-corrected chi connectivity index (χ3v) is 4.13. The molecule has 0 saturated carbocycles. The van der Waals surface area contributed by atoms with Crippen LogP contribution in [-0.4, -0.2) is 35.6 Å². The van der Waals surface area contributed by atoms with Gasteiger partial charge in [-0.3, -0.25) is 14.2 Å². The topological polar surface area (TPSA) is 51.5 Å². The molecule has 2 aromatic rings. The Morgan fingerprint density at radius 1 is 1.08 bits per heavy atom. The molecule has 1 aliphatic rings. The Bertz CT molecular complexity index is 817. The molecule has 1 aliphatic heterocycles. The number of nitrogens with zero attached hydrogens (tertiary/aromatic N) is 2. The molecule has 0 aliphatic carbocycles. The number of hydrogen-bond donors (Lipinski definition) is 0. The van der Waals surface area contributed by atoms with Crippen LogP contribution in [-0.2, 0) is 4.79 Å². The summed E-state index contributed by atoms with van der Waals surface area (Å²) < 4.78 is 6.76. The second kappa shape index (κ2) is 7.17. The number of carbonyl (C=O) groups is 1. The molecule has 0 unspecified atom stereocenters. The van der Waals surface area contributed by atoms with E-state index in [0.717, 1.165) is 31.5 Å². The van der Waals surface area contributed by atoms with Gasteiger partial charge in [-0.1, -0.05) is 24.3 Å². The van der Waals surface area contributed by atoms with E-state index in [0.29, 0.717) is 11.4 Å². The molecule has 1 amide bonds. The maximum atomic E-state index is 13.0. The molecule has 5 nitrogen and oxygen atoms in total. The number of carbonyl (C=O) groups excluding carboxylic acids is 1. The Morgan fingerprint density at radius 3 is 2.50 bits per heavy atom. The minimum absolute atomic E-state index is 0.133. The Balaban J connectivity index is 2.11. The summed E-state index contributed by atoms with van der Waals surface area (Å²) in [5, 5.41) is 0. The quantitative estimate of drug-likeness (QED) is 0.812. The average Bonchev–Trinajstić information content (AvgIpc) is 3.15. The van der Waals surface area contributed by atoms with E-state index in [9.17, 15) is 9.59 Å². The van der Waals surface area contributed by atoms with Gasteiger partial charge < -0.3 is 9.64 Å². The van der Waals surface area contributed by atoms with Crippen molar-refractivity contribution in [1.29, 1.82) is 0 Å². The van der Waals surface area contributed by atoms with Gasteiger partial charge in [-0.25, -0.2) is 0 Å². The van der Waals surface area contributed by atoms with Crippen molar-refractivity contribution < 1.29 is 9.53 Å². The fourth-order valence-electron chi connectivity index (χ4n) is 2.88. The third kappa shape index (κ3) is 3.25. The molecule has 24 heavy (non-hydrogen) atoms. The number of aromatic nitrogens is 1. The third-order valence-electron chi connectivity index (χ3n) is 4.13. The molecule has 1 aromatic heterocycles. The van der Waals surface area contributed by atoms with Crippen molar-refractivity contribution in [2.24, 2.45) is 0 Å². The zero-order valence-corrected chi connectivity index (χ0v) is 13.6. The van der Waals surface area contributed by atoms with Gasteiger partial charge in [-0.05, 0) is 31.1 Å². The van der Waals surface area contributed by atoms with Gasteiger partial charge in [0.05, 0.1) is 7.11 Å². The van der Waals surface area contributed by atoms with Crippen molar-refractivity contribution >= 4 is 17.7 Å². The highest BCUT2D eigenvalue weighted by Gasteiger charge is 2.23. The lowest BCUT2D eigenvalue weighted by Gasteiger charge is -2.19. The lowest BCUT2D eigenvalue weighted by atomic mass is 10.1. The van der Waals surface area contributed by atoms with Crippen LogP contribution in [0.2, 0.25) is 0 Å². The highest BCUT2D eigenvalue weighted by Crippen LogP contribution is 2.23. The highest BCUT2D eigenvalue weighted by molar-refractivity contribution is 6.18. The zero-order valence-electron chi connectivity index (χ0n) is 13.6. The van der Waals surface area contributed by atoms with E-state index in [1.807, 2.05) is 24.3 Å². The molecule has 3 rings (SSSR count). The molecule has 0 bridgehead atoms. The molecule has 0 spiro atoms. The molecule has 2 heterocycles. The van der Waals surface area contributed by atoms with E-state index in [1.54, 1.807) is 36.4 Å². The van der Waals surface area contributed by atoms with Crippen LogP contribution in [0.25, 0.3) is 11.8 Å². The lowest BCUT2D eigenvalue weighted by Crippen LogP contribution is -2.33. The van der Waals surface area contributed by atoms with E-state index in [4.69, 9.17) is 4.74 Å². The zero-order chi connectivity index (χ0) is 16.9. The summed E-state index contributed by atoms with van der Waals surface area (Å²) >= 11 is 0. The Hall–Kier alpha value is -2.82. The van der Waals surface area contributed by atoms with Crippen LogP contribution in [0.15, 0.2) is 53.5 Å². The molecule has 0 N–H and O–H groups in total. The summed E-state index contributed by atoms with van der Waals surface area (Å²) in [5.41, 5.74) is 0.872. The van der Waals surface area contributed by atoms with E-state index in [2.05, 4.69) is 0 Å². The number of amides is 1. The van der Waals surface area contributed by atoms with Crippen molar-refractivity contribution in [1.82, 2.24) is 9.47 Å². The lowest BCUT2D eigenvalue weighted by molar-refractivity contribution is -0.124. The normalized spacial score (nSPS) is 14.7. The molecule has 0 atom stereocenters. The Labute approximate surface area is 140 Å². The molecule has 124 valence electrons. The summed E-state index contributed by atoms with van der Waals surface area (Å²) in [6.45, 7) is 1.45. The first-order chi connectivity index (χ1) is 11.7. The number of ether oxygens (including phenoxy) is 1. The van der Waals surface area contributed by atoms with Gasteiger partial charge in [0.1, 0.15) is 11.4 Å². The standard InChI is InChI=1S/C19H20N2O3/c1-24-17-9-3-2-8-15(17)14-16(19(23)20-11-6-7-12-20)21-13-5-4-10-18(21)22/h2-5,8-10,13-14H,6-7,11-12H2,1H3/b16-14+. The fraction of sp³-hybridized carbons (Fsp3) is 0.263. The van der Waals surface area contributed by atoms with Crippen molar-refractivity contribution in [3.05, 3.63) is 64.6 Å². The first-order valence-electron chi connectivity index (χ1n) is 8.03. The summed E-state index contributed by atoms with van der Waals surface area (Å²) in [4.78, 5) is 27.0. The van der Waals surface area contributed by atoms with Gasteiger partial charge in [0.2, 0.25) is 0 Å². The van der Waals surface area contributed by atoms with Crippen LogP contribution >= 0.6 is 0 Å². The molecule has 1 fully saturated rings. The predicted octanol–water partition coefficient (Wildman–Crippen LogP) is 2.48. The Morgan fingerprint density at radius 2 is 1.79 bits per heavy atom. The van der Waals surface area contributed by atoms with Crippen LogP contribution in [0.3, 0.4) is 0 Å². The number of hydrogen-bond acceptors (Lipinski definition) is 3. The summed E-state index contributed by atoms with van der Waals surface area (Å²) in [6, 6.07) is 12.3. The van der Waals surface area contributed by atoms with Crippen molar-refractivity contribution in [2.45, 2.75) is 12.8 Å². The monoisotopic (exact) mass is 324 g/mol. The molecular formula is C19H20N2O3. The number of methoxy groups -OCH3 is 1. The molecule has 1 aromatic carbocycles. The number of likely N-dealkylation sites (tertiary alicyclic amines) is 1. The summed E-state index contributed by atoms with van der Waals surface area (Å²) in [6.07, 6.45) is 5.34. The first-order valence-corrected chi connectivity index (χ1v) is 8.03. The van der Waals surface area contributed by atoms with Gasteiger partial charge >= 0.3 is 0 Å². The maximum Gasteiger partial charge on any atom is 0.270 e. The van der Waals surface area contributed by atoms with Gasteiger partial charge in [0.15, 0.2) is 0 Å². The average molecular weight is 324 g/mol. The number of benzene rings is 1. The largest absolute Gasteiger partial charge is 0.496 e. The number of rotatable bonds is 4. The van der Waals surface area contributed by atoms with E-state index in [-0.39, 0.29) is 11.5 Å². The van der Waals surface area contributed by atoms with Crippen LogP contribution in [0.5, 0.6) is 5.75 Å². The van der Waals surface area contributed by atoms with Crippen LogP contribution in [0, 0.1) is 0 Å². The molecule has 1 saturated heterocycles. The van der Waals surface area contributed by atoms with Gasteiger partial charge in [0.25, 0.3) is 11.5 Å². The maximum absolute atomic E-state index is 13.0. The van der Waals surface area contributed by atoms with Crippen molar-refractivity contribution in [3.63, 3.8) is 0 Å². The molecule has 0 radical (unpaired) electrons. The van der Waals surface area contributed by atoms with E-state index >= 15 is 0 Å². The first kappa shape index (κ1) is 16.1. The van der Waals surface area contributed by atoms with Crippen LogP contribution < -0.4 is 10.3 Å². The van der Waals surface area contributed by atoms with Crippen LogP contribution in [0.1, 0.15) is 18.4 Å². The second-order valence-electron chi connectivity index (χ2n) is 5.68. The highest BCUT2D eigenvalue weighted by atomic mass is 16.5. The minimum atomic E-state index is -0.230. The second-order valence-corrected chi connectivity index (χ2v) is 5.68. The van der Waals surface area contributed by atoms with E-state index in [1.165, 1.54) is 10.6 Å². The summed E-state index contributed by atoms with van der Waals surface area (Å²) in [7, 11) is 1.59. The number of para-hydroxylation sites is 1. The van der Waals surface area contributed by atoms with Crippen molar-refractivity contribution in [2.75, 3.05) is 20.2 Å². The molecule has 5 heteroatoms. The SMILES string of the molecule is COc1ccccc1/C=C(\C(=O)N1CCCC1)n1ccccc1=O. The molecular weight excluding hydrogens is 304 g/mol. The van der Waals surface area contributed by atoms with Gasteiger partial charge in [-0.2, -0.15) is 0 Å². The van der Waals surface area contributed by atoms with Crippen LogP contribution in [0.4, 0.5) is 0 Å². The summed E-state index contributed by atoms with van der Waals surface area (Å²) in [5.74, 6) is 0.528. The predicted molar refractivity (Wildman–Crippen MR) is 93.7 cm³/mol. The Kier molecular flexibility index (Phi) is 4.79. The van der Waals surface area contributed by atoms with E-state index < -0.39 is 0 Å². The smallest absolute Gasteiger partial charge is 0.270 e. The minimum Gasteiger partial charge on any atom is -0.496 e.